The fourth-order valence-electron chi connectivity index (χ4n) is 23.7. The Kier molecular flexibility index (Phi) is 57.7. The Labute approximate surface area is 795 Å². The van der Waals surface area contributed by atoms with Crippen molar-refractivity contribution in [1.29, 1.82) is 0 Å². The molecule has 0 aromatic rings. The van der Waals surface area contributed by atoms with Crippen LogP contribution in [0.25, 0.3) is 0 Å². The van der Waals surface area contributed by atoms with E-state index in [-0.39, 0.29) is 95.2 Å². The molecule has 27 heteroatoms. The van der Waals surface area contributed by atoms with Gasteiger partial charge in [-0.05, 0) is 207 Å². The second-order valence-corrected chi connectivity index (χ2v) is 46.4. The summed E-state index contributed by atoms with van der Waals surface area (Å²) < 4.78 is 353. The van der Waals surface area contributed by atoms with E-state index in [0.717, 1.165) is 32.1 Å². The first-order chi connectivity index (χ1) is 58.9. The van der Waals surface area contributed by atoms with Crippen LogP contribution in [0, 0.1) is 159 Å². The van der Waals surface area contributed by atoms with Gasteiger partial charge in [-0.25, -0.2) is 0 Å². The Hall–Kier alpha value is -1.89. The second kappa shape index (κ2) is 54.2. The molecule has 0 aromatic carbocycles. The predicted molar refractivity (Wildman–Crippen MR) is 504 cm³/mol. The van der Waals surface area contributed by atoms with Gasteiger partial charge in [-0.2, -0.15) is 119 Å². The normalized spacial score (nSPS) is 18.5. The molecular weight excluding hydrogens is 1790 g/mol. The van der Waals surface area contributed by atoms with E-state index in [9.17, 15) is 119 Å². The minimum atomic E-state index is -4.18. The molecule has 3 aliphatic carbocycles. The van der Waals surface area contributed by atoms with Gasteiger partial charge in [0, 0.05) is 0 Å². The molecule has 0 N–H and O–H groups in total. The smallest absolute Gasteiger partial charge is 0.171 e. The third-order valence-electron chi connectivity index (χ3n) is 35.8. The van der Waals surface area contributed by atoms with Crippen molar-refractivity contribution in [2.45, 2.75) is 521 Å². The van der Waals surface area contributed by atoms with Crippen LogP contribution in [-0.4, -0.2) is 55.6 Å². The third-order valence-corrected chi connectivity index (χ3v) is 35.8. The topological polar surface area (TPSA) is 0 Å². The first-order valence-electron chi connectivity index (χ1n) is 50.5. The van der Waals surface area contributed by atoms with E-state index in [4.69, 9.17) is 0 Å². The first kappa shape index (κ1) is 142. The lowest BCUT2D eigenvalue weighted by molar-refractivity contribution is -0.301. The van der Waals surface area contributed by atoms with Gasteiger partial charge in [0.25, 0.3) is 0 Å². The molecule has 0 aromatic heterocycles. The Morgan fingerprint density at radius 3 is 0.534 bits per heavy atom. The highest BCUT2D eigenvalue weighted by Crippen LogP contribution is 2.67. The van der Waals surface area contributed by atoms with Gasteiger partial charge < -0.3 is 0 Å². The lowest BCUT2D eigenvalue weighted by Gasteiger charge is -2.57. The van der Waals surface area contributed by atoms with Crippen LogP contribution in [0.5, 0.6) is 0 Å². The zero-order chi connectivity index (χ0) is 108. The fourth-order valence-corrected chi connectivity index (χ4v) is 23.7. The maximum absolute atomic E-state index is 14.0. The molecule has 3 atom stereocenters. The van der Waals surface area contributed by atoms with Crippen LogP contribution in [0.2, 0.25) is 0 Å². The van der Waals surface area contributed by atoms with Gasteiger partial charge >= 0.3 is 55.6 Å². The van der Waals surface area contributed by atoms with Crippen molar-refractivity contribution in [3.05, 3.63) is 0 Å². The molecule has 3 aliphatic rings. The van der Waals surface area contributed by atoms with Crippen LogP contribution < -0.4 is 0 Å². The Morgan fingerprint density at radius 1 is 0.211 bits per heavy atom. The summed E-state index contributed by atoms with van der Waals surface area (Å²) in [5.74, 6) is -2.91. The van der Waals surface area contributed by atoms with Crippen LogP contribution in [0.4, 0.5) is 119 Å². The van der Waals surface area contributed by atoms with Gasteiger partial charge in [0.2, 0.25) is 0 Å². The van der Waals surface area contributed by atoms with Crippen molar-refractivity contribution in [3.8, 4) is 0 Å². The second-order valence-electron chi connectivity index (χ2n) is 46.4. The highest BCUT2D eigenvalue weighted by atomic mass is 19.4. The van der Waals surface area contributed by atoms with Crippen LogP contribution in [0.15, 0.2) is 0 Å². The predicted octanol–water partition coefficient (Wildman–Crippen LogP) is 43.7. The summed E-state index contributed by atoms with van der Waals surface area (Å²) in [5.41, 5.74) is -15.8. The van der Waals surface area contributed by atoms with E-state index in [1.54, 1.807) is 62.3 Å². The maximum Gasteiger partial charge on any atom is 0.395 e. The van der Waals surface area contributed by atoms with Crippen LogP contribution >= 0.6 is 0 Å². The third kappa shape index (κ3) is 35.0. The molecule has 810 valence electrons. The van der Waals surface area contributed by atoms with Crippen molar-refractivity contribution < 1.29 is 119 Å². The van der Waals surface area contributed by atoms with Gasteiger partial charge in [0.05, 0.1) is 48.7 Å². The summed E-state index contributed by atoms with van der Waals surface area (Å²) in [6.45, 7) is 77.1. The van der Waals surface area contributed by atoms with Gasteiger partial charge in [-0.3, -0.25) is 0 Å². The molecule has 3 rings (SSSR count). The molecule has 0 unspecified atom stereocenters. The van der Waals surface area contributed by atoms with E-state index in [1.165, 1.54) is 62.3 Å². The van der Waals surface area contributed by atoms with Crippen molar-refractivity contribution in [2.75, 3.05) is 0 Å². The van der Waals surface area contributed by atoms with E-state index in [0.29, 0.717) is 116 Å². The van der Waals surface area contributed by atoms with Crippen molar-refractivity contribution in [1.82, 2.24) is 0 Å². The quantitative estimate of drug-likeness (QED) is 0.0629. The molecule has 133 heavy (non-hydrogen) atoms. The highest BCUT2D eigenvalue weighted by molar-refractivity contribution is 5.07. The molecule has 0 radical (unpaired) electrons. The molecule has 0 saturated heterocycles. The van der Waals surface area contributed by atoms with Crippen molar-refractivity contribution >= 4 is 0 Å². The molecular formula is C106H197F27. The van der Waals surface area contributed by atoms with Crippen molar-refractivity contribution in [3.63, 3.8) is 0 Å². The molecule has 0 bridgehead atoms. The first-order valence-corrected chi connectivity index (χ1v) is 50.5. The van der Waals surface area contributed by atoms with Gasteiger partial charge in [-0.15, -0.1) is 0 Å². The van der Waals surface area contributed by atoms with Crippen LogP contribution in [-0.2, 0) is 0 Å². The molecule has 0 amide bonds. The molecule has 0 spiro atoms. The summed E-state index contributed by atoms with van der Waals surface area (Å²) in [4.78, 5) is 0. The van der Waals surface area contributed by atoms with E-state index in [1.807, 2.05) is 180 Å². The highest BCUT2D eigenvalue weighted by Gasteiger charge is 2.69. The largest absolute Gasteiger partial charge is 0.395 e. The Bertz CT molecular complexity index is 2930. The summed E-state index contributed by atoms with van der Waals surface area (Å²) >= 11 is 0. The number of halogens is 27. The van der Waals surface area contributed by atoms with E-state index < -0.39 is 132 Å². The van der Waals surface area contributed by atoms with Gasteiger partial charge in [0.15, 0.2) is 0 Å². The number of hydrogen-bond donors (Lipinski definition) is 0. The summed E-state index contributed by atoms with van der Waals surface area (Å²) in [6.07, 6.45) is -22.8. The fraction of sp³-hybridized carbons (Fsp3) is 1.00. The Morgan fingerprint density at radius 2 is 0.406 bits per heavy atom. The Balaban J connectivity index is -0.000000343. The monoisotopic (exact) mass is 1980 g/mol. The average Bonchev–Trinajstić information content (AvgIpc) is 0.958. The zero-order valence-electron chi connectivity index (χ0n) is 91.5. The average molecular weight is 1980 g/mol. The SMILES string of the molecule is CC(C)C(C(C)C)C(C)(C(C(C)C)C(C)C)C(F)(F)F.CC(C)C(C(C)C)[C@](C)(C(C)C)C(F)(F)F.CC1(C(F)(F)F)CCCC1.CC1(C(F)(F)F)CCCCC1.CC1(C)CCC(C)(C(F)(F)F)CC1.CCC(C)(CC)C(C)(C(F)(F)F)C(C)(CC)CC.CCC(C)(CC)[C@](C)(C(C)C)C(F)(F)F.CCC(CC)C(C)(C(CC)CC)C(F)(F)F.CCC(CC)[C@](C)(C(C)C)C(F)(F)F. The minimum Gasteiger partial charge on any atom is -0.171 e. The van der Waals surface area contributed by atoms with Crippen molar-refractivity contribution in [2.24, 2.45) is 159 Å². The summed E-state index contributed by atoms with van der Waals surface area (Å²) in [7, 11) is 0. The summed E-state index contributed by atoms with van der Waals surface area (Å²) in [6, 6.07) is 0. The lowest BCUT2D eigenvalue weighted by atomic mass is 9.49. The van der Waals surface area contributed by atoms with Crippen LogP contribution in [0.1, 0.15) is 465 Å². The molecule has 0 aliphatic heterocycles. The van der Waals surface area contributed by atoms with Gasteiger partial charge in [-0.1, -0.05) is 368 Å². The summed E-state index contributed by atoms with van der Waals surface area (Å²) in [5, 5.41) is 0. The van der Waals surface area contributed by atoms with E-state index >= 15 is 0 Å². The number of alkyl halides is 27. The number of rotatable bonds is 30. The zero-order valence-corrected chi connectivity index (χ0v) is 91.5. The maximum atomic E-state index is 14.0. The van der Waals surface area contributed by atoms with Gasteiger partial charge in [0.1, 0.15) is 0 Å². The molecule has 3 saturated carbocycles. The molecule has 0 nitrogen and oxygen atoms in total. The minimum absolute atomic E-state index is 0.0154. The molecule has 3 fully saturated rings. The standard InChI is InChI=1S/C17H33F3.C15H29F3.2C13H25F3.C12H23F3.C11H21F3.C10H17F3.C8H13F3.C7H11F3/c1-10(2)14(11(3)4)16(9,17(18,19)20)15(12(5)6)13(7)8;1-8-12(5,9-2)14(7,15(16,17)18)13(6,10-3)11-4;1-8(2)11(9(3)4)12(7,10(5)6)13(14,15)16;1-6-10(7-2)12(5,13(14,15)16)11(8-3)9-4;1-7-10(5,8-2)11(6,9(3)4)12(13,14)15;1-6-9(7-2)10(5,8(3)4)11(12,13)14;1-8(2)4-6-9(3,7-5-8)10(11,12)13;1-7(8(9,10)11)5-3-2-4-6-7;1-6(7(8,9)10)4-2-3-5-6/h10-15H,1-9H3;8-11H2,1-7H3;8-11H,1-7H3;10-11H,6-9H2,1-5H3;9H,7-8H2,1-6H3;8-9H,6-7H2,1-5H3;4-7H2,1-3H3;2-6H2,1H3;2-5H2,1H3/t;;12-;;11-;10-;;;/m..0.00.../s1. The number of hydrogen-bond acceptors (Lipinski definition) is 0. The van der Waals surface area contributed by atoms with Crippen LogP contribution in [0.3, 0.4) is 0 Å². The van der Waals surface area contributed by atoms with E-state index in [2.05, 4.69) is 0 Å². The lowest BCUT2D eigenvalue weighted by Crippen LogP contribution is -2.57. The molecule has 0 heterocycles.